The summed E-state index contributed by atoms with van der Waals surface area (Å²) < 4.78 is 6.56. The third-order valence-electron chi connectivity index (χ3n) is 4.62. The Morgan fingerprint density at radius 3 is 2.40 bits per heavy atom. The van der Waals surface area contributed by atoms with E-state index in [4.69, 9.17) is 4.74 Å². The van der Waals surface area contributed by atoms with Gasteiger partial charge in [-0.1, -0.05) is 62.1 Å². The molecular formula is C21H24BrNO2. The van der Waals surface area contributed by atoms with Gasteiger partial charge in [-0.15, -0.1) is 0 Å². The molecular weight excluding hydrogens is 378 g/mol. The van der Waals surface area contributed by atoms with Crippen LogP contribution >= 0.6 is 15.9 Å². The van der Waals surface area contributed by atoms with Crippen LogP contribution in [0.2, 0.25) is 0 Å². The van der Waals surface area contributed by atoms with E-state index in [2.05, 4.69) is 33.4 Å². The molecule has 132 valence electrons. The van der Waals surface area contributed by atoms with E-state index >= 15 is 0 Å². The number of hydrogen-bond donors (Lipinski definition) is 1. The summed E-state index contributed by atoms with van der Waals surface area (Å²) in [6.07, 6.45) is 7.15. The highest BCUT2D eigenvalue weighted by Crippen LogP contribution is 2.30. The van der Waals surface area contributed by atoms with Crippen molar-refractivity contribution in [3.63, 3.8) is 0 Å². The first-order chi connectivity index (χ1) is 12.2. The molecule has 1 amide bonds. The van der Waals surface area contributed by atoms with Crippen molar-refractivity contribution in [1.29, 1.82) is 0 Å². The number of carbonyl (C=O) groups excluding carboxylic acids is 1. The Labute approximate surface area is 157 Å². The van der Waals surface area contributed by atoms with E-state index in [0.717, 1.165) is 28.4 Å². The lowest BCUT2D eigenvalue weighted by Crippen LogP contribution is -2.37. The molecule has 0 aromatic heterocycles. The molecule has 3 rings (SSSR count). The molecule has 1 saturated carbocycles. The van der Waals surface area contributed by atoms with Gasteiger partial charge in [-0.2, -0.15) is 0 Å². The minimum atomic E-state index is -0.0362. The molecule has 0 bridgehead atoms. The van der Waals surface area contributed by atoms with Gasteiger partial charge in [0.2, 0.25) is 0 Å². The SMILES string of the molecule is O=C(COc1ccc(-c2ccccc2)cc1Br)NC1CCCCCC1. The van der Waals surface area contributed by atoms with Crippen LogP contribution in [0, 0.1) is 0 Å². The molecule has 2 aromatic rings. The van der Waals surface area contributed by atoms with Crippen molar-refractivity contribution in [3.05, 3.63) is 53.0 Å². The lowest BCUT2D eigenvalue weighted by atomic mass is 10.1. The van der Waals surface area contributed by atoms with Crippen molar-refractivity contribution in [2.24, 2.45) is 0 Å². The molecule has 0 heterocycles. The number of nitrogens with one attached hydrogen (secondary N) is 1. The topological polar surface area (TPSA) is 38.3 Å². The van der Waals surface area contributed by atoms with E-state index in [0.29, 0.717) is 11.8 Å². The van der Waals surface area contributed by atoms with Crippen molar-refractivity contribution in [3.8, 4) is 16.9 Å². The summed E-state index contributed by atoms with van der Waals surface area (Å²) in [6.45, 7) is 0.0553. The zero-order valence-corrected chi connectivity index (χ0v) is 15.9. The molecule has 2 aromatic carbocycles. The first-order valence-electron chi connectivity index (χ1n) is 8.99. The molecule has 0 atom stereocenters. The van der Waals surface area contributed by atoms with Gasteiger partial charge in [0.15, 0.2) is 6.61 Å². The summed E-state index contributed by atoms with van der Waals surface area (Å²) >= 11 is 3.55. The van der Waals surface area contributed by atoms with Gasteiger partial charge >= 0.3 is 0 Å². The van der Waals surface area contributed by atoms with Crippen LogP contribution in [0.25, 0.3) is 11.1 Å². The average molecular weight is 402 g/mol. The lowest BCUT2D eigenvalue weighted by Gasteiger charge is -2.16. The van der Waals surface area contributed by atoms with Gasteiger partial charge in [0, 0.05) is 6.04 Å². The highest BCUT2D eigenvalue weighted by atomic mass is 79.9. The molecule has 0 spiro atoms. The van der Waals surface area contributed by atoms with Crippen LogP contribution in [0.15, 0.2) is 53.0 Å². The number of hydrogen-bond acceptors (Lipinski definition) is 2. The van der Waals surface area contributed by atoms with Crippen molar-refractivity contribution in [2.45, 2.75) is 44.6 Å². The van der Waals surface area contributed by atoms with Crippen molar-refractivity contribution < 1.29 is 9.53 Å². The second-order valence-corrected chi connectivity index (χ2v) is 7.41. The Bertz CT molecular complexity index is 694. The van der Waals surface area contributed by atoms with Crippen molar-refractivity contribution in [1.82, 2.24) is 5.32 Å². The summed E-state index contributed by atoms with van der Waals surface area (Å²) in [7, 11) is 0. The second-order valence-electron chi connectivity index (χ2n) is 6.56. The summed E-state index contributed by atoms with van der Waals surface area (Å²) in [5, 5.41) is 3.11. The predicted octanol–water partition coefficient (Wildman–Crippen LogP) is 5.33. The zero-order valence-electron chi connectivity index (χ0n) is 14.3. The molecule has 0 saturated heterocycles. The Morgan fingerprint density at radius 1 is 1.00 bits per heavy atom. The Morgan fingerprint density at radius 2 is 1.72 bits per heavy atom. The Kier molecular flexibility index (Phi) is 6.51. The number of benzene rings is 2. The lowest BCUT2D eigenvalue weighted by molar-refractivity contribution is -0.123. The van der Waals surface area contributed by atoms with Gasteiger partial charge in [-0.3, -0.25) is 4.79 Å². The van der Waals surface area contributed by atoms with E-state index in [1.54, 1.807) is 0 Å². The van der Waals surface area contributed by atoms with Gasteiger partial charge in [-0.05, 0) is 52.0 Å². The summed E-state index contributed by atoms with van der Waals surface area (Å²) in [5.74, 6) is 0.654. The van der Waals surface area contributed by atoms with E-state index in [-0.39, 0.29) is 12.5 Å². The van der Waals surface area contributed by atoms with E-state index in [9.17, 15) is 4.79 Å². The first kappa shape index (κ1) is 18.0. The fraction of sp³-hybridized carbons (Fsp3) is 0.381. The molecule has 4 heteroatoms. The van der Waals surface area contributed by atoms with Crippen LogP contribution in [-0.4, -0.2) is 18.6 Å². The summed E-state index contributed by atoms with van der Waals surface area (Å²) in [5.41, 5.74) is 2.27. The third kappa shape index (κ3) is 5.33. The molecule has 1 aliphatic rings. The van der Waals surface area contributed by atoms with Crippen LogP contribution in [0.3, 0.4) is 0 Å². The molecule has 3 nitrogen and oxygen atoms in total. The maximum absolute atomic E-state index is 12.1. The van der Waals surface area contributed by atoms with Crippen LogP contribution in [0.1, 0.15) is 38.5 Å². The molecule has 0 aliphatic heterocycles. The third-order valence-corrected chi connectivity index (χ3v) is 5.24. The monoisotopic (exact) mass is 401 g/mol. The number of carbonyl (C=O) groups is 1. The van der Waals surface area contributed by atoms with E-state index in [1.165, 1.54) is 25.7 Å². The quantitative estimate of drug-likeness (QED) is 0.687. The standard InChI is InChI=1S/C21H24BrNO2/c22-19-14-17(16-8-4-3-5-9-16)12-13-20(19)25-15-21(24)23-18-10-6-1-2-7-11-18/h3-5,8-9,12-14,18H,1-2,6-7,10-11,15H2,(H,23,24). The molecule has 0 radical (unpaired) electrons. The van der Waals surface area contributed by atoms with Gasteiger partial charge in [0.05, 0.1) is 4.47 Å². The van der Waals surface area contributed by atoms with Gasteiger partial charge in [-0.25, -0.2) is 0 Å². The highest BCUT2D eigenvalue weighted by molar-refractivity contribution is 9.10. The molecule has 0 unspecified atom stereocenters. The summed E-state index contributed by atoms with van der Waals surface area (Å²) in [6, 6.07) is 16.4. The minimum absolute atomic E-state index is 0.0362. The largest absolute Gasteiger partial charge is 0.483 e. The van der Waals surface area contributed by atoms with Gasteiger partial charge in [0.1, 0.15) is 5.75 Å². The normalized spacial score (nSPS) is 15.4. The Balaban J connectivity index is 1.55. The van der Waals surface area contributed by atoms with E-state index < -0.39 is 0 Å². The highest BCUT2D eigenvalue weighted by Gasteiger charge is 2.15. The van der Waals surface area contributed by atoms with Crippen LogP contribution in [-0.2, 0) is 4.79 Å². The average Bonchev–Trinajstić information content (AvgIpc) is 2.90. The molecule has 25 heavy (non-hydrogen) atoms. The van der Waals surface area contributed by atoms with Crippen molar-refractivity contribution >= 4 is 21.8 Å². The first-order valence-corrected chi connectivity index (χ1v) is 9.79. The Hall–Kier alpha value is -1.81. The number of rotatable bonds is 5. The van der Waals surface area contributed by atoms with Gasteiger partial charge in [0.25, 0.3) is 5.91 Å². The van der Waals surface area contributed by atoms with Gasteiger partial charge < -0.3 is 10.1 Å². The number of halogens is 1. The molecule has 1 N–H and O–H groups in total. The van der Waals surface area contributed by atoms with Crippen LogP contribution < -0.4 is 10.1 Å². The molecule has 1 aliphatic carbocycles. The van der Waals surface area contributed by atoms with Crippen molar-refractivity contribution in [2.75, 3.05) is 6.61 Å². The van der Waals surface area contributed by atoms with Crippen LogP contribution in [0.5, 0.6) is 5.75 Å². The minimum Gasteiger partial charge on any atom is -0.483 e. The summed E-state index contributed by atoms with van der Waals surface area (Å²) in [4.78, 5) is 12.1. The van der Waals surface area contributed by atoms with E-state index in [1.807, 2.05) is 36.4 Å². The van der Waals surface area contributed by atoms with Crippen LogP contribution in [0.4, 0.5) is 0 Å². The number of amides is 1. The zero-order chi connectivity index (χ0) is 17.5. The fourth-order valence-corrected chi connectivity index (χ4v) is 3.76. The predicted molar refractivity (Wildman–Crippen MR) is 105 cm³/mol. The fourth-order valence-electron chi connectivity index (χ4n) is 3.26. The second kappa shape index (κ2) is 9.04. The maximum Gasteiger partial charge on any atom is 0.258 e. The molecule has 1 fully saturated rings. The smallest absolute Gasteiger partial charge is 0.258 e. The number of ether oxygens (including phenoxy) is 1. The maximum atomic E-state index is 12.1.